The second kappa shape index (κ2) is 11.0. The zero-order valence-corrected chi connectivity index (χ0v) is 19.3. The predicted molar refractivity (Wildman–Crippen MR) is 127 cm³/mol. The molecule has 0 aromatic heterocycles. The monoisotopic (exact) mass is 467 g/mol. The first-order chi connectivity index (χ1) is 15.8. The number of carbonyl (C=O) groups is 1. The number of nitrogens with zero attached hydrogens (tertiary/aromatic N) is 2. The maximum absolute atomic E-state index is 13.3. The zero-order chi connectivity index (χ0) is 23.8. The highest BCUT2D eigenvalue weighted by Gasteiger charge is 2.27. The number of rotatable bonds is 9. The molecule has 3 rings (SSSR count). The van der Waals surface area contributed by atoms with Gasteiger partial charge in [-0.25, -0.2) is 18.2 Å². The molecule has 3 aromatic carbocycles. The van der Waals surface area contributed by atoms with Crippen LogP contribution in [0.5, 0.6) is 0 Å². The van der Waals surface area contributed by atoms with Crippen molar-refractivity contribution in [2.75, 3.05) is 6.54 Å². The number of carbonyl (C=O) groups excluding carboxylic acids is 1. The van der Waals surface area contributed by atoms with Crippen LogP contribution in [0.25, 0.3) is 0 Å². The summed E-state index contributed by atoms with van der Waals surface area (Å²) in [5.74, 6) is -1.01. The maximum atomic E-state index is 13.3. The van der Waals surface area contributed by atoms with E-state index in [1.807, 2.05) is 31.2 Å². The maximum Gasteiger partial charge on any atom is 0.255 e. The van der Waals surface area contributed by atoms with Crippen molar-refractivity contribution < 1.29 is 17.6 Å². The molecule has 0 bridgehead atoms. The molecule has 0 spiro atoms. The van der Waals surface area contributed by atoms with E-state index in [-0.39, 0.29) is 11.4 Å². The Hall–Kier alpha value is -3.36. The minimum atomic E-state index is -3.98. The summed E-state index contributed by atoms with van der Waals surface area (Å²) in [6, 6.07) is 19.6. The van der Waals surface area contributed by atoms with Crippen molar-refractivity contribution in [1.29, 1.82) is 0 Å². The molecule has 1 amide bonds. The third-order valence-corrected chi connectivity index (χ3v) is 6.85. The second-order valence-electron chi connectivity index (χ2n) is 7.60. The van der Waals surface area contributed by atoms with E-state index in [1.165, 1.54) is 48.2 Å². The van der Waals surface area contributed by atoms with Crippen molar-refractivity contribution in [3.05, 3.63) is 101 Å². The van der Waals surface area contributed by atoms with Crippen LogP contribution in [0.2, 0.25) is 0 Å². The van der Waals surface area contributed by atoms with Crippen LogP contribution < -0.4 is 5.43 Å². The minimum absolute atomic E-state index is 0.0718. The van der Waals surface area contributed by atoms with Crippen molar-refractivity contribution in [3.63, 3.8) is 0 Å². The van der Waals surface area contributed by atoms with Crippen LogP contribution in [-0.2, 0) is 27.8 Å². The van der Waals surface area contributed by atoms with Gasteiger partial charge in [-0.1, -0.05) is 61.0 Å². The summed E-state index contributed by atoms with van der Waals surface area (Å²) >= 11 is 0. The van der Waals surface area contributed by atoms with Gasteiger partial charge in [0.25, 0.3) is 5.91 Å². The van der Waals surface area contributed by atoms with Gasteiger partial charge in [-0.05, 0) is 54.3 Å². The average Bonchev–Trinajstić information content (AvgIpc) is 2.81. The summed E-state index contributed by atoms with van der Waals surface area (Å²) < 4.78 is 40.8. The summed E-state index contributed by atoms with van der Waals surface area (Å²) in [6.07, 6.45) is 2.42. The van der Waals surface area contributed by atoms with E-state index in [0.717, 1.165) is 21.9 Å². The zero-order valence-electron chi connectivity index (χ0n) is 18.5. The van der Waals surface area contributed by atoms with Gasteiger partial charge in [0.05, 0.1) is 17.7 Å². The standard InChI is InChI=1S/C25H26FN3O3S/c1-3-20-6-8-21(9-7-20)16-27-28-25(30)18-29(17-22-10-12-23(26)13-11-22)33(31,32)24-14-4-19(2)5-15-24/h4-16H,3,17-18H2,1-2H3,(H,28,30)/b27-16-. The van der Waals surface area contributed by atoms with Gasteiger partial charge in [0, 0.05) is 6.54 Å². The largest absolute Gasteiger partial charge is 0.272 e. The highest BCUT2D eigenvalue weighted by atomic mass is 32.2. The minimum Gasteiger partial charge on any atom is -0.272 e. The molecule has 0 aliphatic heterocycles. The molecule has 0 fully saturated rings. The SMILES string of the molecule is CCc1ccc(/C=N\NC(=O)CN(Cc2ccc(F)cc2)S(=O)(=O)c2ccc(C)cc2)cc1. The molecule has 0 radical (unpaired) electrons. The highest BCUT2D eigenvalue weighted by Crippen LogP contribution is 2.19. The van der Waals surface area contributed by atoms with Crippen molar-refractivity contribution in [1.82, 2.24) is 9.73 Å². The Kier molecular flexibility index (Phi) is 8.08. The molecule has 1 N–H and O–H groups in total. The van der Waals surface area contributed by atoms with Crippen LogP contribution in [0.4, 0.5) is 4.39 Å². The summed E-state index contributed by atoms with van der Waals surface area (Å²) in [7, 11) is -3.98. The summed E-state index contributed by atoms with van der Waals surface area (Å²) in [5, 5.41) is 3.94. The Labute approximate surface area is 193 Å². The van der Waals surface area contributed by atoms with Gasteiger partial charge >= 0.3 is 0 Å². The molecule has 8 heteroatoms. The number of benzene rings is 3. The van der Waals surface area contributed by atoms with Crippen LogP contribution in [-0.4, -0.2) is 31.4 Å². The van der Waals surface area contributed by atoms with Crippen LogP contribution in [0.15, 0.2) is 82.8 Å². The van der Waals surface area contributed by atoms with Gasteiger partial charge in [-0.3, -0.25) is 4.79 Å². The number of hydrazone groups is 1. The van der Waals surface area contributed by atoms with E-state index in [0.29, 0.717) is 5.56 Å². The molecule has 3 aromatic rings. The number of sulfonamides is 1. The van der Waals surface area contributed by atoms with Crippen LogP contribution in [0.3, 0.4) is 0 Å². The van der Waals surface area contributed by atoms with Gasteiger partial charge in [0.1, 0.15) is 5.82 Å². The third-order valence-electron chi connectivity index (χ3n) is 5.04. The van der Waals surface area contributed by atoms with Gasteiger partial charge in [-0.15, -0.1) is 0 Å². The Morgan fingerprint density at radius 1 is 0.970 bits per heavy atom. The number of nitrogens with one attached hydrogen (secondary N) is 1. The van der Waals surface area contributed by atoms with E-state index in [4.69, 9.17) is 0 Å². The Morgan fingerprint density at radius 2 is 1.58 bits per heavy atom. The first-order valence-electron chi connectivity index (χ1n) is 10.5. The van der Waals surface area contributed by atoms with E-state index < -0.39 is 28.3 Å². The normalized spacial score (nSPS) is 11.8. The molecule has 0 unspecified atom stereocenters. The molecule has 0 aliphatic carbocycles. The number of amides is 1. The molecule has 0 saturated carbocycles. The first kappa shape index (κ1) is 24.3. The molecule has 33 heavy (non-hydrogen) atoms. The summed E-state index contributed by atoms with van der Waals surface area (Å²) in [5.41, 5.74) is 5.85. The van der Waals surface area contributed by atoms with Gasteiger partial charge < -0.3 is 0 Å². The smallest absolute Gasteiger partial charge is 0.255 e. The van der Waals surface area contributed by atoms with E-state index in [2.05, 4.69) is 17.5 Å². The molecular formula is C25H26FN3O3S. The number of hydrogen-bond donors (Lipinski definition) is 1. The molecule has 0 atom stereocenters. The molecule has 6 nitrogen and oxygen atoms in total. The highest BCUT2D eigenvalue weighted by molar-refractivity contribution is 7.89. The topological polar surface area (TPSA) is 78.8 Å². The van der Waals surface area contributed by atoms with Gasteiger partial charge in [0.15, 0.2) is 0 Å². The Balaban J connectivity index is 1.76. The summed E-state index contributed by atoms with van der Waals surface area (Å²) in [4.78, 5) is 12.6. The predicted octanol–water partition coefficient (Wildman–Crippen LogP) is 4.04. The van der Waals surface area contributed by atoms with E-state index in [9.17, 15) is 17.6 Å². The Bertz CT molecular complexity index is 1210. The lowest BCUT2D eigenvalue weighted by Gasteiger charge is -2.21. The summed E-state index contributed by atoms with van der Waals surface area (Å²) in [6.45, 7) is 3.38. The van der Waals surface area contributed by atoms with Crippen LogP contribution in [0, 0.1) is 12.7 Å². The van der Waals surface area contributed by atoms with Gasteiger partial charge in [0.2, 0.25) is 10.0 Å². The van der Waals surface area contributed by atoms with Crippen molar-refractivity contribution in [2.24, 2.45) is 5.10 Å². The van der Waals surface area contributed by atoms with E-state index >= 15 is 0 Å². The van der Waals surface area contributed by atoms with Crippen molar-refractivity contribution >= 4 is 22.1 Å². The average molecular weight is 468 g/mol. The quantitative estimate of drug-likeness (QED) is 0.381. The molecular weight excluding hydrogens is 441 g/mol. The van der Waals surface area contributed by atoms with Crippen LogP contribution in [0.1, 0.15) is 29.2 Å². The van der Waals surface area contributed by atoms with Crippen LogP contribution >= 0.6 is 0 Å². The fraction of sp³-hybridized carbons (Fsp3) is 0.200. The molecule has 0 saturated heterocycles. The van der Waals surface area contributed by atoms with Crippen molar-refractivity contribution in [2.45, 2.75) is 31.7 Å². The van der Waals surface area contributed by atoms with Crippen molar-refractivity contribution in [3.8, 4) is 0 Å². The lowest BCUT2D eigenvalue weighted by atomic mass is 10.1. The lowest BCUT2D eigenvalue weighted by molar-refractivity contribution is -0.121. The molecule has 0 aliphatic rings. The van der Waals surface area contributed by atoms with E-state index in [1.54, 1.807) is 12.1 Å². The Morgan fingerprint density at radius 3 is 2.18 bits per heavy atom. The fourth-order valence-electron chi connectivity index (χ4n) is 3.09. The number of hydrogen-bond acceptors (Lipinski definition) is 4. The molecule has 0 heterocycles. The fourth-order valence-corrected chi connectivity index (χ4v) is 4.48. The van der Waals surface area contributed by atoms with Gasteiger partial charge in [-0.2, -0.15) is 9.41 Å². The second-order valence-corrected chi connectivity index (χ2v) is 9.54. The molecule has 172 valence electrons. The number of halogens is 1. The number of aryl methyl sites for hydroxylation is 2. The third kappa shape index (κ3) is 6.81. The lowest BCUT2D eigenvalue weighted by Crippen LogP contribution is -2.39. The first-order valence-corrected chi connectivity index (χ1v) is 11.9.